The van der Waals surface area contributed by atoms with Gasteiger partial charge in [-0.05, 0) is 68.4 Å². The number of amides is 3. The van der Waals surface area contributed by atoms with Crippen LogP contribution in [-0.2, 0) is 9.59 Å². The lowest BCUT2D eigenvalue weighted by Gasteiger charge is -2.35. The van der Waals surface area contributed by atoms with E-state index in [-0.39, 0.29) is 36.9 Å². The lowest BCUT2D eigenvalue weighted by atomic mass is 9.99. The average molecular weight is 566 g/mol. The van der Waals surface area contributed by atoms with Gasteiger partial charge in [-0.1, -0.05) is 18.2 Å². The number of H-pyrrole nitrogens is 1. The second-order valence-corrected chi connectivity index (χ2v) is 12.7. The van der Waals surface area contributed by atoms with Gasteiger partial charge in [0.15, 0.2) is 0 Å². The summed E-state index contributed by atoms with van der Waals surface area (Å²) < 4.78 is 16.0. The van der Waals surface area contributed by atoms with E-state index in [1.165, 1.54) is 11.3 Å². The zero-order valence-electron chi connectivity index (χ0n) is 22.2. The molecule has 5 heterocycles. The Morgan fingerprint density at radius 1 is 1.10 bits per heavy atom. The summed E-state index contributed by atoms with van der Waals surface area (Å²) in [7, 11) is 0. The van der Waals surface area contributed by atoms with E-state index in [2.05, 4.69) is 25.8 Å². The third-order valence-corrected chi connectivity index (χ3v) is 10.1. The number of carbonyl (C=O) groups is 3. The van der Waals surface area contributed by atoms with Crippen molar-refractivity contribution in [2.24, 2.45) is 11.8 Å². The van der Waals surface area contributed by atoms with Gasteiger partial charge in [0.1, 0.15) is 24.1 Å². The summed E-state index contributed by atoms with van der Waals surface area (Å²) in [5, 5.41) is 13.8. The lowest BCUT2D eigenvalue weighted by Crippen LogP contribution is -2.58. The van der Waals surface area contributed by atoms with E-state index in [1.807, 2.05) is 30.3 Å². The van der Waals surface area contributed by atoms with Crippen molar-refractivity contribution in [1.29, 1.82) is 0 Å². The van der Waals surface area contributed by atoms with Crippen LogP contribution < -0.4 is 15.5 Å². The van der Waals surface area contributed by atoms with Gasteiger partial charge >= 0.3 is 0 Å². The summed E-state index contributed by atoms with van der Waals surface area (Å²) in [6, 6.07) is 7.55. The molecule has 1 aliphatic carbocycles. The highest BCUT2D eigenvalue weighted by Crippen LogP contribution is 2.49. The maximum atomic E-state index is 15.0. The molecule has 1 aromatic carbocycles. The van der Waals surface area contributed by atoms with E-state index in [0.717, 1.165) is 29.3 Å². The van der Waals surface area contributed by atoms with E-state index in [4.69, 9.17) is 0 Å². The van der Waals surface area contributed by atoms with E-state index in [9.17, 15) is 18.8 Å². The fraction of sp³-hybridized carbons (Fsp3) is 0.536. The summed E-state index contributed by atoms with van der Waals surface area (Å²) in [6.07, 6.45) is 2.50. The van der Waals surface area contributed by atoms with Gasteiger partial charge in [-0.15, -0.1) is 16.4 Å². The van der Waals surface area contributed by atoms with Crippen molar-refractivity contribution in [2.75, 3.05) is 18.0 Å². The Hall–Kier alpha value is -3.54. The summed E-state index contributed by atoms with van der Waals surface area (Å²) in [5.41, 5.74) is 0. The fourth-order valence-electron chi connectivity index (χ4n) is 6.78. The Bertz CT molecular complexity index is 1440. The SMILES string of the molecule is Cc1nc(N2C[C@H](NC(=O)[C@@H]3CC[C@@H]4C[C@H]5C[C@H]5C[C@H](NC(=O)c5cc6ccccc6s5)C(=O)N43)[C@@H](F)C2)n[nH]1. The Morgan fingerprint density at radius 2 is 1.93 bits per heavy atom. The second-order valence-electron chi connectivity index (χ2n) is 11.7. The number of carbonyl (C=O) groups excluding carboxylic acids is 3. The highest BCUT2D eigenvalue weighted by molar-refractivity contribution is 7.20. The molecule has 3 aromatic rings. The topological polar surface area (TPSA) is 123 Å². The van der Waals surface area contributed by atoms with E-state index < -0.39 is 24.3 Å². The van der Waals surface area contributed by atoms with Crippen molar-refractivity contribution < 1.29 is 18.8 Å². The molecular formula is C28H32FN7O3S. The normalized spacial score (nSPS) is 31.4. The number of anilines is 1. The number of nitrogens with one attached hydrogen (secondary N) is 3. The number of nitrogens with zero attached hydrogens (tertiary/aromatic N) is 4. The Morgan fingerprint density at radius 3 is 2.73 bits per heavy atom. The molecule has 4 fully saturated rings. The molecule has 0 radical (unpaired) electrons. The van der Waals surface area contributed by atoms with Crippen LogP contribution in [0.2, 0.25) is 0 Å². The first-order valence-corrected chi connectivity index (χ1v) is 14.9. The van der Waals surface area contributed by atoms with Gasteiger partial charge < -0.3 is 20.4 Å². The summed E-state index contributed by atoms with van der Waals surface area (Å²) in [4.78, 5) is 49.0. The summed E-state index contributed by atoms with van der Waals surface area (Å²) >= 11 is 1.41. The molecule has 0 bridgehead atoms. The number of hydrogen-bond acceptors (Lipinski definition) is 7. The lowest BCUT2D eigenvalue weighted by molar-refractivity contribution is -0.143. The molecule has 10 nitrogen and oxygen atoms in total. The Labute approximate surface area is 234 Å². The van der Waals surface area contributed by atoms with Crippen LogP contribution in [0, 0.1) is 18.8 Å². The molecule has 0 unspecified atom stereocenters. The fourth-order valence-corrected chi connectivity index (χ4v) is 7.75. The van der Waals surface area contributed by atoms with Crippen LogP contribution >= 0.6 is 11.3 Å². The predicted octanol–water partition coefficient (Wildman–Crippen LogP) is 2.56. The first kappa shape index (κ1) is 25.4. The number of rotatable bonds is 5. The first-order valence-electron chi connectivity index (χ1n) is 14.0. The predicted molar refractivity (Wildman–Crippen MR) is 148 cm³/mol. The van der Waals surface area contributed by atoms with Crippen LogP contribution in [-0.4, -0.2) is 81.2 Å². The number of hydrogen-bond donors (Lipinski definition) is 3. The van der Waals surface area contributed by atoms with Crippen molar-refractivity contribution in [3.05, 3.63) is 41.0 Å². The standard InChI is InChI=1S/C28H32FN7O3S/c1-14-30-28(34-33-14)35-12-19(29)21(13-35)32-25(37)22-7-6-18-9-16-8-17(16)10-20(27(39)36(18)22)31-26(38)24-11-15-4-2-3-5-23(15)40-24/h2-5,11,16-22H,6-10,12-13H2,1H3,(H,31,38)(H,32,37)(H,30,33,34)/t16-,17+,18-,19+,20+,21+,22+/m1/s1. The van der Waals surface area contributed by atoms with Crippen molar-refractivity contribution in [1.82, 2.24) is 30.7 Å². The van der Waals surface area contributed by atoms with Crippen molar-refractivity contribution in [2.45, 2.75) is 69.4 Å². The molecule has 3 aliphatic heterocycles. The monoisotopic (exact) mass is 565 g/mol. The Kier molecular flexibility index (Phi) is 6.25. The van der Waals surface area contributed by atoms with Crippen LogP contribution in [0.5, 0.6) is 0 Å². The van der Waals surface area contributed by atoms with E-state index in [0.29, 0.717) is 41.3 Å². The third-order valence-electron chi connectivity index (χ3n) is 8.94. The molecule has 12 heteroatoms. The molecule has 7 rings (SSSR count). The van der Waals surface area contributed by atoms with Gasteiger partial charge in [0, 0.05) is 17.3 Å². The minimum Gasteiger partial charge on any atom is -0.347 e. The molecular weight excluding hydrogens is 533 g/mol. The first-order chi connectivity index (χ1) is 19.3. The number of halogens is 1. The van der Waals surface area contributed by atoms with Gasteiger partial charge in [-0.3, -0.25) is 19.5 Å². The molecule has 3 amide bonds. The third kappa shape index (κ3) is 4.61. The van der Waals surface area contributed by atoms with Crippen LogP contribution in [0.3, 0.4) is 0 Å². The maximum Gasteiger partial charge on any atom is 0.262 e. The van der Waals surface area contributed by atoms with E-state index >= 15 is 0 Å². The molecule has 1 saturated carbocycles. The number of alkyl halides is 1. The highest BCUT2D eigenvalue weighted by Gasteiger charge is 2.51. The molecule has 3 N–H and O–H groups in total. The number of benzene rings is 1. The van der Waals surface area contributed by atoms with Gasteiger partial charge in [0.05, 0.1) is 17.5 Å². The number of thiophene rings is 1. The second kappa shape index (κ2) is 9.83. The summed E-state index contributed by atoms with van der Waals surface area (Å²) in [5.74, 6) is 1.17. The minimum atomic E-state index is -1.27. The van der Waals surface area contributed by atoms with E-state index in [1.54, 1.807) is 16.7 Å². The Balaban J connectivity index is 1.06. The van der Waals surface area contributed by atoms with Crippen molar-refractivity contribution >= 4 is 45.1 Å². The van der Waals surface area contributed by atoms with Crippen LogP contribution in [0.4, 0.5) is 10.3 Å². The minimum absolute atomic E-state index is 0.0419. The molecule has 7 atom stereocenters. The van der Waals surface area contributed by atoms with Crippen molar-refractivity contribution in [3.63, 3.8) is 0 Å². The highest BCUT2D eigenvalue weighted by atomic mass is 32.1. The number of aromatic amines is 1. The molecule has 2 aromatic heterocycles. The van der Waals surface area contributed by atoms with Crippen LogP contribution in [0.25, 0.3) is 10.1 Å². The number of aryl methyl sites for hydroxylation is 1. The van der Waals surface area contributed by atoms with Crippen LogP contribution in [0.15, 0.2) is 30.3 Å². The maximum absolute atomic E-state index is 15.0. The smallest absolute Gasteiger partial charge is 0.262 e. The molecule has 3 saturated heterocycles. The van der Waals surface area contributed by atoms with Gasteiger partial charge in [-0.2, -0.15) is 4.98 Å². The quantitative estimate of drug-likeness (QED) is 0.437. The summed E-state index contributed by atoms with van der Waals surface area (Å²) in [6.45, 7) is 2.12. The average Bonchev–Trinajstić information content (AvgIpc) is 3.38. The molecule has 210 valence electrons. The zero-order chi connectivity index (χ0) is 27.5. The van der Waals surface area contributed by atoms with Gasteiger partial charge in [-0.25, -0.2) is 4.39 Å². The van der Waals surface area contributed by atoms with Crippen LogP contribution in [0.1, 0.15) is 47.6 Å². The number of fused-ring (bicyclic) bond motifs is 3. The van der Waals surface area contributed by atoms with Gasteiger partial charge in [0.25, 0.3) is 5.91 Å². The van der Waals surface area contributed by atoms with Gasteiger partial charge in [0.2, 0.25) is 17.8 Å². The largest absolute Gasteiger partial charge is 0.347 e. The molecule has 40 heavy (non-hydrogen) atoms. The molecule has 0 spiro atoms. The zero-order valence-corrected chi connectivity index (χ0v) is 23.0. The van der Waals surface area contributed by atoms with Crippen molar-refractivity contribution in [3.8, 4) is 0 Å². The molecule has 4 aliphatic rings. The number of aromatic nitrogens is 3.